The largest absolute Gasteiger partial charge is 0.504 e. The van der Waals surface area contributed by atoms with Gasteiger partial charge in [-0.1, -0.05) is 12.1 Å². The highest BCUT2D eigenvalue weighted by Crippen LogP contribution is 2.28. The van der Waals surface area contributed by atoms with Crippen LogP contribution in [-0.2, 0) is 6.54 Å². The summed E-state index contributed by atoms with van der Waals surface area (Å²) in [7, 11) is 1.51. The maximum Gasteiger partial charge on any atom is 0.162 e. The van der Waals surface area contributed by atoms with Gasteiger partial charge in [0.25, 0.3) is 0 Å². The predicted molar refractivity (Wildman–Crippen MR) is 53.5 cm³/mol. The quantitative estimate of drug-likeness (QED) is 0.601. The number of nitrogens with one attached hydrogen (secondary N) is 1. The van der Waals surface area contributed by atoms with E-state index in [1.54, 1.807) is 6.07 Å². The van der Waals surface area contributed by atoms with Gasteiger partial charge < -0.3 is 20.3 Å². The first kappa shape index (κ1) is 10.8. The van der Waals surface area contributed by atoms with Crippen molar-refractivity contribution in [3.05, 3.63) is 23.8 Å². The molecule has 0 bridgehead atoms. The zero-order valence-corrected chi connectivity index (χ0v) is 8.16. The predicted octanol–water partition coefficient (Wildman–Crippen LogP) is 0.483. The fraction of sp³-hybridized carbons (Fsp3) is 0.400. The van der Waals surface area contributed by atoms with Crippen LogP contribution in [-0.4, -0.2) is 30.5 Å². The van der Waals surface area contributed by atoms with Gasteiger partial charge in [-0.2, -0.15) is 0 Å². The molecule has 1 aromatic carbocycles. The second kappa shape index (κ2) is 5.47. The summed E-state index contributed by atoms with van der Waals surface area (Å²) in [6.45, 7) is 1.12. The van der Waals surface area contributed by atoms with E-state index in [1.807, 2.05) is 12.1 Å². The SMILES string of the molecule is COc1cccc(CNCCO)c1O. The van der Waals surface area contributed by atoms with E-state index in [0.29, 0.717) is 18.8 Å². The first-order chi connectivity index (χ1) is 6.79. The van der Waals surface area contributed by atoms with Crippen molar-refractivity contribution in [2.24, 2.45) is 0 Å². The topological polar surface area (TPSA) is 61.7 Å². The number of ether oxygens (including phenoxy) is 1. The number of hydrogen-bond acceptors (Lipinski definition) is 4. The highest BCUT2D eigenvalue weighted by atomic mass is 16.5. The van der Waals surface area contributed by atoms with E-state index in [1.165, 1.54) is 7.11 Å². The van der Waals surface area contributed by atoms with Crippen LogP contribution in [0.1, 0.15) is 5.56 Å². The zero-order chi connectivity index (χ0) is 10.4. The highest BCUT2D eigenvalue weighted by Gasteiger charge is 2.05. The smallest absolute Gasteiger partial charge is 0.162 e. The van der Waals surface area contributed by atoms with Crippen LogP contribution in [0.5, 0.6) is 11.5 Å². The number of aromatic hydroxyl groups is 1. The van der Waals surface area contributed by atoms with Crippen molar-refractivity contribution in [2.75, 3.05) is 20.3 Å². The Morgan fingerprint density at radius 1 is 1.43 bits per heavy atom. The number of aliphatic hydroxyl groups is 1. The Bertz CT molecular complexity index is 289. The molecule has 0 aliphatic heterocycles. The molecule has 14 heavy (non-hydrogen) atoms. The molecule has 78 valence electrons. The van der Waals surface area contributed by atoms with Crippen molar-refractivity contribution in [3.8, 4) is 11.5 Å². The molecular weight excluding hydrogens is 182 g/mol. The summed E-state index contributed by atoms with van der Waals surface area (Å²) in [5.41, 5.74) is 0.762. The summed E-state index contributed by atoms with van der Waals surface area (Å²) < 4.78 is 4.96. The minimum atomic E-state index is 0.0880. The molecule has 0 radical (unpaired) electrons. The van der Waals surface area contributed by atoms with Crippen molar-refractivity contribution in [3.63, 3.8) is 0 Å². The number of aliphatic hydroxyl groups excluding tert-OH is 1. The van der Waals surface area contributed by atoms with Crippen molar-refractivity contribution in [2.45, 2.75) is 6.54 Å². The summed E-state index contributed by atoms with van der Waals surface area (Å²) >= 11 is 0. The highest BCUT2D eigenvalue weighted by molar-refractivity contribution is 5.45. The lowest BCUT2D eigenvalue weighted by atomic mass is 10.2. The summed E-state index contributed by atoms with van der Waals surface area (Å²) in [6, 6.07) is 5.32. The van der Waals surface area contributed by atoms with Crippen LogP contribution in [0.4, 0.5) is 0 Å². The van der Waals surface area contributed by atoms with Crippen LogP contribution >= 0.6 is 0 Å². The summed E-state index contributed by atoms with van der Waals surface area (Å²) in [5.74, 6) is 0.619. The van der Waals surface area contributed by atoms with Crippen LogP contribution in [0.15, 0.2) is 18.2 Å². The van der Waals surface area contributed by atoms with Gasteiger partial charge in [0.15, 0.2) is 11.5 Å². The van der Waals surface area contributed by atoms with Crippen molar-refractivity contribution in [1.82, 2.24) is 5.32 Å². The second-order valence-electron chi connectivity index (χ2n) is 2.87. The minimum Gasteiger partial charge on any atom is -0.504 e. The number of benzene rings is 1. The first-order valence-electron chi connectivity index (χ1n) is 4.46. The van der Waals surface area contributed by atoms with Crippen molar-refractivity contribution in [1.29, 1.82) is 0 Å². The minimum absolute atomic E-state index is 0.0880. The fourth-order valence-corrected chi connectivity index (χ4v) is 1.18. The number of para-hydroxylation sites is 1. The van der Waals surface area contributed by atoms with Gasteiger partial charge in [0, 0.05) is 18.7 Å². The van der Waals surface area contributed by atoms with E-state index >= 15 is 0 Å². The van der Waals surface area contributed by atoms with E-state index in [2.05, 4.69) is 5.32 Å². The number of hydrogen-bond donors (Lipinski definition) is 3. The lowest BCUT2D eigenvalue weighted by molar-refractivity contribution is 0.291. The van der Waals surface area contributed by atoms with E-state index in [9.17, 15) is 5.11 Å². The second-order valence-corrected chi connectivity index (χ2v) is 2.87. The number of methoxy groups -OCH3 is 1. The molecule has 0 spiro atoms. The van der Waals surface area contributed by atoms with Gasteiger partial charge in [-0.15, -0.1) is 0 Å². The van der Waals surface area contributed by atoms with Gasteiger partial charge >= 0.3 is 0 Å². The van der Waals surface area contributed by atoms with Gasteiger partial charge in [-0.3, -0.25) is 0 Å². The molecule has 1 rings (SSSR count). The molecule has 1 aromatic rings. The van der Waals surface area contributed by atoms with E-state index in [4.69, 9.17) is 9.84 Å². The molecular formula is C10H15NO3. The first-order valence-corrected chi connectivity index (χ1v) is 4.46. The molecule has 0 aliphatic rings. The van der Waals surface area contributed by atoms with Crippen LogP contribution in [0.3, 0.4) is 0 Å². The summed E-state index contributed by atoms with van der Waals surface area (Å²) in [5, 5.41) is 21.2. The molecule has 0 fully saturated rings. The number of rotatable bonds is 5. The molecule has 4 nitrogen and oxygen atoms in total. The molecule has 0 amide bonds. The van der Waals surface area contributed by atoms with E-state index in [-0.39, 0.29) is 12.4 Å². The Balaban J connectivity index is 2.66. The van der Waals surface area contributed by atoms with Gasteiger partial charge in [0.1, 0.15) is 0 Å². The van der Waals surface area contributed by atoms with Gasteiger partial charge in [-0.25, -0.2) is 0 Å². The third-order valence-electron chi connectivity index (χ3n) is 1.91. The molecule has 3 N–H and O–H groups in total. The molecule has 0 atom stereocenters. The molecule has 0 heterocycles. The molecule has 0 saturated heterocycles. The van der Waals surface area contributed by atoms with Crippen LogP contribution in [0, 0.1) is 0 Å². The van der Waals surface area contributed by atoms with E-state index in [0.717, 1.165) is 5.56 Å². The average Bonchev–Trinajstić information content (AvgIpc) is 2.21. The zero-order valence-electron chi connectivity index (χ0n) is 8.16. The number of phenols is 1. The molecule has 0 unspecified atom stereocenters. The molecule has 0 aromatic heterocycles. The summed E-state index contributed by atoms with van der Waals surface area (Å²) in [6.07, 6.45) is 0. The standard InChI is InChI=1S/C10H15NO3/c1-14-9-4-2-3-8(10(9)13)7-11-5-6-12/h2-4,11-13H,5-7H2,1H3. The van der Waals surface area contributed by atoms with Crippen molar-refractivity contribution < 1.29 is 14.9 Å². The Morgan fingerprint density at radius 3 is 2.86 bits per heavy atom. The van der Waals surface area contributed by atoms with E-state index < -0.39 is 0 Å². The van der Waals surface area contributed by atoms with Crippen LogP contribution in [0.25, 0.3) is 0 Å². The molecule has 4 heteroatoms. The maximum absolute atomic E-state index is 9.66. The van der Waals surface area contributed by atoms with Crippen molar-refractivity contribution >= 4 is 0 Å². The van der Waals surface area contributed by atoms with Gasteiger partial charge in [0.2, 0.25) is 0 Å². The monoisotopic (exact) mass is 197 g/mol. The number of phenolic OH excluding ortho intramolecular Hbond substituents is 1. The van der Waals surface area contributed by atoms with Crippen LogP contribution in [0.2, 0.25) is 0 Å². The Kier molecular flexibility index (Phi) is 4.22. The Hall–Kier alpha value is -1.26. The lowest BCUT2D eigenvalue weighted by Gasteiger charge is -2.08. The van der Waals surface area contributed by atoms with Gasteiger partial charge in [-0.05, 0) is 6.07 Å². The van der Waals surface area contributed by atoms with Gasteiger partial charge in [0.05, 0.1) is 13.7 Å². The summed E-state index contributed by atoms with van der Waals surface area (Å²) in [4.78, 5) is 0. The third-order valence-corrected chi connectivity index (χ3v) is 1.91. The lowest BCUT2D eigenvalue weighted by Crippen LogP contribution is -2.17. The maximum atomic E-state index is 9.66. The third kappa shape index (κ3) is 2.61. The normalized spacial score (nSPS) is 10.1. The Labute approximate surface area is 83.1 Å². The average molecular weight is 197 g/mol. The Morgan fingerprint density at radius 2 is 2.21 bits per heavy atom. The fourth-order valence-electron chi connectivity index (χ4n) is 1.18. The molecule has 0 aliphatic carbocycles. The molecule has 0 saturated carbocycles. The van der Waals surface area contributed by atoms with Crippen LogP contribution < -0.4 is 10.1 Å².